The van der Waals surface area contributed by atoms with Gasteiger partial charge in [0, 0.05) is 12.5 Å². The lowest BCUT2D eigenvalue weighted by Crippen LogP contribution is -2.27. The molecule has 0 spiro atoms. The Kier molecular flexibility index (Phi) is 6.14. The molecule has 6 nitrogen and oxygen atoms in total. The molecular weight excluding hydrogens is 280 g/mol. The lowest BCUT2D eigenvalue weighted by atomic mass is 10.0. The highest BCUT2D eigenvalue weighted by Crippen LogP contribution is 2.12. The molecule has 108 valence electrons. The van der Waals surface area contributed by atoms with Crippen molar-refractivity contribution in [1.82, 2.24) is 15.5 Å². The Morgan fingerprint density at radius 2 is 2.10 bits per heavy atom. The molecule has 0 radical (unpaired) electrons. The quantitative estimate of drug-likeness (QED) is 0.872. The van der Waals surface area contributed by atoms with Crippen molar-refractivity contribution in [3.8, 4) is 0 Å². The Morgan fingerprint density at radius 1 is 1.40 bits per heavy atom. The van der Waals surface area contributed by atoms with E-state index in [1.54, 1.807) is 6.92 Å². The Balaban J connectivity index is 0.00000200. The molecule has 0 saturated carbocycles. The van der Waals surface area contributed by atoms with Crippen molar-refractivity contribution in [2.75, 3.05) is 0 Å². The smallest absolute Gasteiger partial charge is 0.246 e. The van der Waals surface area contributed by atoms with Crippen LogP contribution in [0.25, 0.3) is 0 Å². The topological polar surface area (TPSA) is 94.0 Å². The predicted octanol–water partition coefficient (Wildman–Crippen LogP) is 1.51. The van der Waals surface area contributed by atoms with Crippen LogP contribution in [0, 0.1) is 6.92 Å². The van der Waals surface area contributed by atoms with Gasteiger partial charge in [0.1, 0.15) is 0 Å². The summed E-state index contributed by atoms with van der Waals surface area (Å²) in [6.45, 7) is 1.95. The van der Waals surface area contributed by atoms with E-state index >= 15 is 0 Å². The Hall–Kier alpha value is -1.92. The summed E-state index contributed by atoms with van der Waals surface area (Å²) in [7, 11) is 0. The van der Waals surface area contributed by atoms with Gasteiger partial charge in [-0.3, -0.25) is 4.79 Å². The number of carbonyl (C=O) groups is 1. The third-order valence-corrected chi connectivity index (χ3v) is 2.64. The van der Waals surface area contributed by atoms with Crippen LogP contribution in [0.5, 0.6) is 0 Å². The molecule has 0 saturated heterocycles. The number of nitrogens with two attached hydrogens (primary N) is 1. The van der Waals surface area contributed by atoms with Gasteiger partial charge in [0.05, 0.1) is 6.54 Å². The van der Waals surface area contributed by atoms with Crippen LogP contribution >= 0.6 is 12.4 Å². The largest absolute Gasteiger partial charge is 0.347 e. The van der Waals surface area contributed by atoms with Crippen molar-refractivity contribution in [3.05, 3.63) is 47.6 Å². The third kappa shape index (κ3) is 4.64. The SMILES string of the molecule is Cc1noc(CNC(=O)CC(N)c2ccccc2)n1.Cl. The summed E-state index contributed by atoms with van der Waals surface area (Å²) >= 11 is 0. The van der Waals surface area contributed by atoms with Crippen LogP contribution in [0.15, 0.2) is 34.9 Å². The molecule has 1 aromatic heterocycles. The van der Waals surface area contributed by atoms with Crippen molar-refractivity contribution >= 4 is 18.3 Å². The van der Waals surface area contributed by atoms with Gasteiger partial charge in [-0.15, -0.1) is 12.4 Å². The standard InChI is InChI=1S/C13H16N4O2.ClH/c1-9-16-13(19-17-9)8-15-12(18)7-11(14)10-5-3-2-4-6-10;/h2-6,11H,7-8,14H2,1H3,(H,15,18);1H. The van der Waals surface area contributed by atoms with Gasteiger partial charge in [-0.05, 0) is 12.5 Å². The number of carbonyl (C=O) groups excluding carboxylic acids is 1. The minimum absolute atomic E-state index is 0. The summed E-state index contributed by atoms with van der Waals surface area (Å²) in [5.41, 5.74) is 6.89. The first kappa shape index (κ1) is 16.1. The summed E-state index contributed by atoms with van der Waals surface area (Å²) in [5.74, 6) is 0.788. The van der Waals surface area contributed by atoms with Crippen LogP contribution in [-0.4, -0.2) is 16.0 Å². The van der Waals surface area contributed by atoms with Gasteiger partial charge < -0.3 is 15.6 Å². The number of aryl methyl sites for hydroxylation is 1. The van der Waals surface area contributed by atoms with Crippen molar-refractivity contribution in [2.24, 2.45) is 5.73 Å². The number of nitrogens with zero attached hydrogens (tertiary/aromatic N) is 2. The monoisotopic (exact) mass is 296 g/mol. The number of amides is 1. The maximum Gasteiger partial charge on any atom is 0.246 e. The first-order valence-corrected chi connectivity index (χ1v) is 6.01. The van der Waals surface area contributed by atoms with Crippen molar-refractivity contribution in [1.29, 1.82) is 0 Å². The van der Waals surface area contributed by atoms with Gasteiger partial charge in [0.25, 0.3) is 0 Å². The molecule has 1 heterocycles. The fourth-order valence-corrected chi connectivity index (χ4v) is 1.68. The number of rotatable bonds is 5. The molecule has 0 bridgehead atoms. The minimum atomic E-state index is -0.314. The number of benzene rings is 1. The Labute approximate surface area is 123 Å². The predicted molar refractivity (Wildman–Crippen MR) is 76.1 cm³/mol. The number of nitrogens with one attached hydrogen (secondary N) is 1. The first-order chi connectivity index (χ1) is 9.15. The number of hydrogen-bond acceptors (Lipinski definition) is 5. The molecule has 0 aliphatic heterocycles. The fourth-order valence-electron chi connectivity index (χ4n) is 1.68. The van der Waals surface area contributed by atoms with E-state index in [4.69, 9.17) is 10.3 Å². The molecule has 0 aliphatic carbocycles. The lowest BCUT2D eigenvalue weighted by molar-refractivity contribution is -0.121. The van der Waals surface area contributed by atoms with Gasteiger partial charge in [-0.2, -0.15) is 4.98 Å². The molecule has 2 aromatic rings. The van der Waals surface area contributed by atoms with E-state index in [-0.39, 0.29) is 37.3 Å². The minimum Gasteiger partial charge on any atom is -0.347 e. The van der Waals surface area contributed by atoms with Crippen molar-refractivity contribution < 1.29 is 9.32 Å². The molecule has 7 heteroatoms. The molecule has 1 unspecified atom stereocenters. The molecule has 1 atom stereocenters. The van der Waals surface area contributed by atoms with Crippen molar-refractivity contribution in [2.45, 2.75) is 25.9 Å². The van der Waals surface area contributed by atoms with E-state index in [2.05, 4.69) is 15.5 Å². The Bertz CT molecular complexity index is 544. The summed E-state index contributed by atoms with van der Waals surface area (Å²) in [6, 6.07) is 9.20. The number of hydrogen-bond donors (Lipinski definition) is 2. The van der Waals surface area contributed by atoms with Crippen molar-refractivity contribution in [3.63, 3.8) is 0 Å². The molecule has 2 rings (SSSR count). The zero-order chi connectivity index (χ0) is 13.7. The highest BCUT2D eigenvalue weighted by Gasteiger charge is 2.12. The maximum absolute atomic E-state index is 11.7. The third-order valence-electron chi connectivity index (χ3n) is 2.64. The average Bonchev–Trinajstić information content (AvgIpc) is 2.83. The highest BCUT2D eigenvalue weighted by molar-refractivity contribution is 5.85. The molecule has 3 N–H and O–H groups in total. The van der Waals surface area contributed by atoms with Gasteiger partial charge in [0.15, 0.2) is 5.82 Å². The number of aromatic nitrogens is 2. The molecule has 1 amide bonds. The highest BCUT2D eigenvalue weighted by atomic mass is 35.5. The average molecular weight is 297 g/mol. The summed E-state index contributed by atoms with van der Waals surface area (Å²) in [6.07, 6.45) is 0.219. The van der Waals surface area contributed by atoms with E-state index in [1.807, 2.05) is 30.3 Å². The molecular formula is C13H17ClN4O2. The Morgan fingerprint density at radius 3 is 2.70 bits per heavy atom. The zero-order valence-electron chi connectivity index (χ0n) is 11.1. The van der Waals surface area contributed by atoms with Gasteiger partial charge in [0.2, 0.25) is 11.8 Å². The van der Waals surface area contributed by atoms with Crippen LogP contribution in [-0.2, 0) is 11.3 Å². The van der Waals surface area contributed by atoms with Crippen LogP contribution < -0.4 is 11.1 Å². The maximum atomic E-state index is 11.7. The number of halogens is 1. The molecule has 0 fully saturated rings. The first-order valence-electron chi connectivity index (χ1n) is 6.01. The van der Waals surface area contributed by atoms with E-state index in [9.17, 15) is 4.79 Å². The fraction of sp³-hybridized carbons (Fsp3) is 0.308. The van der Waals surface area contributed by atoms with E-state index in [0.29, 0.717) is 11.7 Å². The zero-order valence-corrected chi connectivity index (χ0v) is 11.9. The van der Waals surface area contributed by atoms with Gasteiger partial charge >= 0.3 is 0 Å². The van der Waals surface area contributed by atoms with Gasteiger partial charge in [-0.25, -0.2) is 0 Å². The van der Waals surface area contributed by atoms with Crippen LogP contribution in [0.2, 0.25) is 0 Å². The van der Waals surface area contributed by atoms with Crippen LogP contribution in [0.3, 0.4) is 0 Å². The second-order valence-corrected chi connectivity index (χ2v) is 4.23. The van der Waals surface area contributed by atoms with Gasteiger partial charge in [-0.1, -0.05) is 35.5 Å². The normalized spacial score (nSPS) is 11.5. The second-order valence-electron chi connectivity index (χ2n) is 4.23. The summed E-state index contributed by atoms with van der Waals surface area (Å²) in [4.78, 5) is 15.7. The molecule has 1 aromatic carbocycles. The van der Waals surface area contributed by atoms with E-state index < -0.39 is 0 Å². The second kappa shape index (κ2) is 7.62. The summed E-state index contributed by atoms with van der Waals surface area (Å²) in [5, 5.41) is 6.34. The van der Waals surface area contributed by atoms with Crippen LogP contribution in [0.4, 0.5) is 0 Å². The van der Waals surface area contributed by atoms with Crippen LogP contribution in [0.1, 0.15) is 29.7 Å². The van der Waals surface area contributed by atoms with E-state index in [0.717, 1.165) is 5.56 Å². The molecule has 0 aliphatic rings. The summed E-state index contributed by atoms with van der Waals surface area (Å²) < 4.78 is 4.90. The van der Waals surface area contributed by atoms with E-state index in [1.165, 1.54) is 0 Å². The lowest BCUT2D eigenvalue weighted by Gasteiger charge is -2.11. The molecule has 20 heavy (non-hydrogen) atoms.